The zero-order valence-corrected chi connectivity index (χ0v) is 15.5. The monoisotopic (exact) mass is 394 g/mol. The van der Waals surface area contributed by atoms with Crippen LogP contribution < -0.4 is 19.1 Å². The molecule has 0 unspecified atom stereocenters. The summed E-state index contributed by atoms with van der Waals surface area (Å²) >= 11 is 0. The van der Waals surface area contributed by atoms with E-state index in [9.17, 15) is 17.6 Å². The molecule has 0 radical (unpaired) electrons. The highest BCUT2D eigenvalue weighted by molar-refractivity contribution is 7.92. The average Bonchev–Trinajstić information content (AvgIpc) is 2.62. The molecule has 1 heterocycles. The average molecular weight is 394 g/mol. The fraction of sp³-hybridized carbons (Fsp3) is 0.278. The molecule has 2 aromatic rings. The number of sulfonamides is 1. The maximum absolute atomic E-state index is 13.1. The molecule has 144 valence electrons. The van der Waals surface area contributed by atoms with E-state index >= 15 is 0 Å². The molecule has 0 aliphatic carbocycles. The van der Waals surface area contributed by atoms with Crippen molar-refractivity contribution in [3.63, 3.8) is 0 Å². The third-order valence-electron chi connectivity index (χ3n) is 3.88. The second-order valence-corrected chi connectivity index (χ2v) is 7.87. The van der Waals surface area contributed by atoms with Gasteiger partial charge in [-0.25, -0.2) is 12.8 Å². The first-order valence-electron chi connectivity index (χ1n) is 8.26. The Labute approximate surface area is 156 Å². The Morgan fingerprint density at radius 3 is 2.44 bits per heavy atom. The maximum Gasteiger partial charge on any atom is 0.232 e. The molecular weight excluding hydrogens is 375 g/mol. The summed E-state index contributed by atoms with van der Waals surface area (Å²) in [6.07, 6.45) is 0.966. The number of carbonyl (C=O) groups is 1. The molecule has 0 fully saturated rings. The number of amides is 1. The summed E-state index contributed by atoms with van der Waals surface area (Å²) in [5, 5.41) is 2.70. The summed E-state index contributed by atoms with van der Waals surface area (Å²) in [5.74, 6) is 0.327. The first kappa shape index (κ1) is 19.0. The van der Waals surface area contributed by atoms with E-state index in [1.807, 2.05) is 0 Å². The van der Waals surface area contributed by atoms with E-state index in [0.717, 1.165) is 10.6 Å². The number of anilines is 2. The summed E-state index contributed by atoms with van der Waals surface area (Å²) < 4.78 is 49.1. The van der Waals surface area contributed by atoms with Crippen LogP contribution in [0.5, 0.6) is 11.5 Å². The van der Waals surface area contributed by atoms with Gasteiger partial charge in [-0.05, 0) is 36.4 Å². The quantitative estimate of drug-likeness (QED) is 0.813. The van der Waals surface area contributed by atoms with Crippen molar-refractivity contribution < 1.29 is 27.1 Å². The summed E-state index contributed by atoms with van der Waals surface area (Å²) in [6.45, 7) is 0.843. The third kappa shape index (κ3) is 4.88. The van der Waals surface area contributed by atoms with E-state index in [4.69, 9.17) is 9.47 Å². The number of nitrogens with zero attached hydrogens (tertiary/aromatic N) is 1. The van der Waals surface area contributed by atoms with Gasteiger partial charge >= 0.3 is 0 Å². The van der Waals surface area contributed by atoms with Gasteiger partial charge in [-0.1, -0.05) is 0 Å². The SMILES string of the molecule is CS(=O)(=O)N(CCC(=O)Nc1ccc2c(c1)OCCO2)c1ccc(F)cc1. The van der Waals surface area contributed by atoms with E-state index in [1.54, 1.807) is 18.2 Å². The van der Waals surface area contributed by atoms with Gasteiger partial charge in [-0.3, -0.25) is 9.10 Å². The minimum absolute atomic E-state index is 0.0686. The molecule has 1 aliphatic heterocycles. The number of hydrogen-bond donors (Lipinski definition) is 1. The highest BCUT2D eigenvalue weighted by atomic mass is 32.2. The van der Waals surface area contributed by atoms with Gasteiger partial charge < -0.3 is 14.8 Å². The lowest BCUT2D eigenvalue weighted by atomic mass is 10.2. The van der Waals surface area contributed by atoms with Gasteiger partial charge in [0.05, 0.1) is 11.9 Å². The predicted octanol–water partition coefficient (Wildman–Crippen LogP) is 2.39. The molecule has 0 saturated carbocycles. The van der Waals surface area contributed by atoms with Crippen molar-refractivity contribution in [3.8, 4) is 11.5 Å². The van der Waals surface area contributed by atoms with Crippen molar-refractivity contribution in [1.82, 2.24) is 0 Å². The number of hydrogen-bond acceptors (Lipinski definition) is 5. The van der Waals surface area contributed by atoms with E-state index in [2.05, 4.69) is 5.32 Å². The van der Waals surface area contributed by atoms with Crippen molar-refractivity contribution in [1.29, 1.82) is 0 Å². The van der Waals surface area contributed by atoms with Gasteiger partial charge in [0.15, 0.2) is 11.5 Å². The van der Waals surface area contributed by atoms with Crippen LogP contribution in [0.2, 0.25) is 0 Å². The van der Waals surface area contributed by atoms with E-state index in [1.165, 1.54) is 24.3 Å². The van der Waals surface area contributed by atoms with Crippen molar-refractivity contribution >= 4 is 27.3 Å². The maximum atomic E-state index is 13.1. The van der Waals surface area contributed by atoms with E-state index < -0.39 is 15.8 Å². The summed E-state index contributed by atoms with van der Waals surface area (Å²) in [5.41, 5.74) is 0.822. The molecule has 3 rings (SSSR count). The van der Waals surface area contributed by atoms with Crippen LogP contribution >= 0.6 is 0 Å². The fourth-order valence-electron chi connectivity index (χ4n) is 2.64. The number of nitrogens with one attached hydrogen (secondary N) is 1. The number of ether oxygens (including phenoxy) is 2. The number of halogens is 1. The highest BCUT2D eigenvalue weighted by Crippen LogP contribution is 2.32. The molecule has 2 aromatic carbocycles. The van der Waals surface area contributed by atoms with Crippen molar-refractivity contribution in [3.05, 3.63) is 48.3 Å². The standard InChI is InChI=1S/C18H19FN2O5S/c1-27(23,24)21(15-5-2-13(19)3-6-15)9-8-18(22)20-14-4-7-16-17(12-14)26-11-10-25-16/h2-7,12H,8-11H2,1H3,(H,20,22). The number of rotatable bonds is 6. The van der Waals surface area contributed by atoms with Gasteiger partial charge in [0.1, 0.15) is 19.0 Å². The topological polar surface area (TPSA) is 84.9 Å². The smallest absolute Gasteiger partial charge is 0.232 e. The molecule has 7 nitrogen and oxygen atoms in total. The Morgan fingerprint density at radius 1 is 1.11 bits per heavy atom. The van der Waals surface area contributed by atoms with Gasteiger partial charge in [0.25, 0.3) is 0 Å². The van der Waals surface area contributed by atoms with Crippen molar-refractivity contribution in [2.45, 2.75) is 6.42 Å². The van der Waals surface area contributed by atoms with Crippen LogP contribution in [0.1, 0.15) is 6.42 Å². The van der Waals surface area contributed by atoms with Crippen LogP contribution in [0, 0.1) is 5.82 Å². The third-order valence-corrected chi connectivity index (χ3v) is 5.08. The Balaban J connectivity index is 1.65. The minimum atomic E-state index is -3.62. The summed E-state index contributed by atoms with van der Waals surface area (Å²) in [6, 6.07) is 10.1. The highest BCUT2D eigenvalue weighted by Gasteiger charge is 2.19. The zero-order chi connectivity index (χ0) is 19.4. The van der Waals surface area contributed by atoms with Crippen LogP contribution in [-0.2, 0) is 14.8 Å². The van der Waals surface area contributed by atoms with Crippen LogP contribution in [0.4, 0.5) is 15.8 Å². The Hall–Kier alpha value is -2.81. The summed E-state index contributed by atoms with van der Waals surface area (Å²) in [4.78, 5) is 12.2. The number of carbonyl (C=O) groups excluding carboxylic acids is 1. The Morgan fingerprint density at radius 2 is 1.78 bits per heavy atom. The van der Waals surface area contributed by atoms with Gasteiger partial charge in [-0.15, -0.1) is 0 Å². The van der Waals surface area contributed by atoms with Crippen LogP contribution in [0.15, 0.2) is 42.5 Å². The van der Waals surface area contributed by atoms with Gasteiger partial charge in [0, 0.05) is 24.7 Å². The van der Waals surface area contributed by atoms with Crippen molar-refractivity contribution in [2.24, 2.45) is 0 Å². The number of fused-ring (bicyclic) bond motifs is 1. The van der Waals surface area contributed by atoms with E-state index in [-0.39, 0.29) is 18.9 Å². The largest absolute Gasteiger partial charge is 0.486 e. The second kappa shape index (κ2) is 7.83. The van der Waals surface area contributed by atoms with Crippen LogP contribution in [0.25, 0.3) is 0 Å². The lowest BCUT2D eigenvalue weighted by Crippen LogP contribution is -2.33. The molecule has 27 heavy (non-hydrogen) atoms. The molecule has 0 saturated heterocycles. The lowest BCUT2D eigenvalue weighted by Gasteiger charge is -2.22. The van der Waals surface area contributed by atoms with Crippen molar-refractivity contribution in [2.75, 3.05) is 35.6 Å². The Bertz CT molecular complexity index is 931. The normalized spacial score (nSPS) is 13.1. The second-order valence-electron chi connectivity index (χ2n) is 5.97. The Kier molecular flexibility index (Phi) is 5.50. The summed E-state index contributed by atoms with van der Waals surface area (Å²) in [7, 11) is -3.62. The molecule has 0 spiro atoms. The lowest BCUT2D eigenvalue weighted by molar-refractivity contribution is -0.116. The first-order chi connectivity index (χ1) is 12.8. The molecule has 1 N–H and O–H groups in total. The molecule has 1 aliphatic rings. The van der Waals surface area contributed by atoms with Gasteiger partial charge in [0.2, 0.25) is 15.9 Å². The van der Waals surface area contributed by atoms with Crippen LogP contribution in [0.3, 0.4) is 0 Å². The predicted molar refractivity (Wildman–Crippen MR) is 99.3 cm³/mol. The van der Waals surface area contributed by atoms with Crippen LogP contribution in [-0.4, -0.2) is 40.3 Å². The first-order valence-corrected chi connectivity index (χ1v) is 10.1. The molecule has 1 amide bonds. The molecular formula is C18H19FN2O5S. The van der Waals surface area contributed by atoms with E-state index in [0.29, 0.717) is 36.1 Å². The molecule has 0 atom stereocenters. The van der Waals surface area contributed by atoms with Gasteiger partial charge in [-0.2, -0.15) is 0 Å². The minimum Gasteiger partial charge on any atom is -0.486 e. The fourth-order valence-corrected chi connectivity index (χ4v) is 3.57. The number of benzene rings is 2. The zero-order valence-electron chi connectivity index (χ0n) is 14.6. The molecule has 0 bridgehead atoms. The molecule has 0 aromatic heterocycles. The molecule has 9 heteroatoms.